The Labute approximate surface area is 142 Å². The molecule has 0 amide bonds. The van der Waals surface area contributed by atoms with Crippen molar-refractivity contribution >= 4 is 33.9 Å². The Hall–Kier alpha value is -2.01. The summed E-state index contributed by atoms with van der Waals surface area (Å²) in [4.78, 5) is 6.68. The number of para-hydroxylation sites is 1. The van der Waals surface area contributed by atoms with Crippen LogP contribution in [0.5, 0.6) is 0 Å². The molecule has 4 nitrogen and oxygen atoms in total. The van der Waals surface area contributed by atoms with Crippen molar-refractivity contribution in [3.63, 3.8) is 0 Å². The molecule has 120 valence electrons. The fourth-order valence-electron chi connectivity index (χ4n) is 2.87. The molecule has 1 N–H and O–H groups in total. The molecule has 1 aliphatic rings. The van der Waals surface area contributed by atoms with Crippen molar-refractivity contribution in [3.05, 3.63) is 42.1 Å². The monoisotopic (exact) mass is 326 g/mol. The van der Waals surface area contributed by atoms with Gasteiger partial charge in [0.05, 0.1) is 11.2 Å². The molecule has 0 spiro atoms. The van der Waals surface area contributed by atoms with E-state index in [-0.39, 0.29) is 0 Å². The SMILES string of the molecule is CC(=NNC(=S)N1CCC(C)CC1)c1cccc2cccnc12. The molecule has 0 radical (unpaired) electrons. The molecule has 1 saturated heterocycles. The molecular formula is C18H22N4S. The highest BCUT2D eigenvalue weighted by molar-refractivity contribution is 7.80. The quantitative estimate of drug-likeness (QED) is 0.520. The molecule has 2 aromatic rings. The number of hydrogen-bond acceptors (Lipinski definition) is 3. The number of rotatable bonds is 2. The topological polar surface area (TPSA) is 40.5 Å². The van der Waals surface area contributed by atoms with Crippen LogP contribution in [-0.2, 0) is 0 Å². The minimum absolute atomic E-state index is 0.712. The summed E-state index contributed by atoms with van der Waals surface area (Å²) >= 11 is 5.47. The lowest BCUT2D eigenvalue weighted by Gasteiger charge is -2.31. The van der Waals surface area contributed by atoms with Crippen molar-refractivity contribution in [1.29, 1.82) is 0 Å². The molecule has 23 heavy (non-hydrogen) atoms. The van der Waals surface area contributed by atoms with Crippen LogP contribution in [0.2, 0.25) is 0 Å². The first-order valence-electron chi connectivity index (χ1n) is 8.08. The van der Waals surface area contributed by atoms with Crippen LogP contribution in [0.1, 0.15) is 32.3 Å². The number of aromatic nitrogens is 1. The first-order chi connectivity index (χ1) is 11.1. The molecule has 2 heterocycles. The first-order valence-corrected chi connectivity index (χ1v) is 8.49. The van der Waals surface area contributed by atoms with E-state index in [4.69, 9.17) is 12.2 Å². The predicted molar refractivity (Wildman–Crippen MR) is 99.7 cm³/mol. The maximum Gasteiger partial charge on any atom is 0.189 e. The predicted octanol–water partition coefficient (Wildman–Crippen LogP) is 3.57. The van der Waals surface area contributed by atoms with Gasteiger partial charge in [-0.15, -0.1) is 0 Å². The van der Waals surface area contributed by atoms with Gasteiger partial charge >= 0.3 is 0 Å². The van der Waals surface area contributed by atoms with Gasteiger partial charge in [0, 0.05) is 30.2 Å². The van der Waals surface area contributed by atoms with Gasteiger partial charge < -0.3 is 4.90 Å². The maximum absolute atomic E-state index is 5.47. The number of hydrazone groups is 1. The van der Waals surface area contributed by atoms with E-state index < -0.39 is 0 Å². The molecule has 0 unspecified atom stereocenters. The second-order valence-electron chi connectivity index (χ2n) is 6.16. The minimum Gasteiger partial charge on any atom is -0.348 e. The highest BCUT2D eigenvalue weighted by Gasteiger charge is 2.17. The number of pyridine rings is 1. The van der Waals surface area contributed by atoms with Gasteiger partial charge in [-0.3, -0.25) is 10.4 Å². The zero-order valence-corrected chi connectivity index (χ0v) is 14.4. The number of fused-ring (bicyclic) bond motifs is 1. The summed E-state index contributed by atoms with van der Waals surface area (Å²) in [5.41, 5.74) is 5.94. The summed E-state index contributed by atoms with van der Waals surface area (Å²) in [6.45, 7) is 6.30. The van der Waals surface area contributed by atoms with E-state index in [0.29, 0.717) is 5.11 Å². The number of thiocarbonyl (C=S) groups is 1. The Morgan fingerprint density at radius 3 is 2.78 bits per heavy atom. The molecular weight excluding hydrogens is 304 g/mol. The van der Waals surface area contributed by atoms with Gasteiger partial charge in [0.2, 0.25) is 0 Å². The van der Waals surface area contributed by atoms with Crippen LogP contribution in [0.3, 0.4) is 0 Å². The largest absolute Gasteiger partial charge is 0.348 e. The first kappa shape index (κ1) is 15.9. The smallest absolute Gasteiger partial charge is 0.189 e. The van der Waals surface area contributed by atoms with Crippen molar-refractivity contribution in [2.24, 2.45) is 11.0 Å². The fraction of sp³-hybridized carbons (Fsp3) is 0.389. The van der Waals surface area contributed by atoms with Gasteiger partial charge in [-0.1, -0.05) is 31.2 Å². The molecule has 1 aromatic carbocycles. The summed E-state index contributed by atoms with van der Waals surface area (Å²) < 4.78 is 0. The van der Waals surface area contributed by atoms with E-state index >= 15 is 0 Å². The average molecular weight is 326 g/mol. The van der Waals surface area contributed by atoms with Gasteiger partial charge in [0.25, 0.3) is 0 Å². The van der Waals surface area contributed by atoms with Crippen LogP contribution < -0.4 is 5.43 Å². The van der Waals surface area contributed by atoms with Crippen molar-refractivity contribution in [1.82, 2.24) is 15.3 Å². The molecule has 0 aliphatic carbocycles. The number of benzene rings is 1. The van der Waals surface area contributed by atoms with E-state index in [1.807, 2.05) is 31.3 Å². The summed E-state index contributed by atoms with van der Waals surface area (Å²) in [6, 6.07) is 10.1. The normalized spacial score (nSPS) is 16.6. The van der Waals surface area contributed by atoms with Gasteiger partial charge in [-0.2, -0.15) is 5.10 Å². The van der Waals surface area contributed by atoms with E-state index in [0.717, 1.165) is 41.2 Å². The van der Waals surface area contributed by atoms with Crippen molar-refractivity contribution in [3.8, 4) is 0 Å². The molecule has 0 saturated carbocycles. The Morgan fingerprint density at radius 2 is 2.00 bits per heavy atom. The maximum atomic E-state index is 5.47. The molecule has 0 atom stereocenters. The van der Waals surface area contributed by atoms with Gasteiger partial charge in [-0.05, 0) is 44.0 Å². The molecule has 5 heteroatoms. The summed E-state index contributed by atoms with van der Waals surface area (Å²) in [5, 5.41) is 6.31. The number of hydrogen-bond donors (Lipinski definition) is 1. The van der Waals surface area contributed by atoms with E-state index in [2.05, 4.69) is 39.5 Å². The molecule has 3 rings (SSSR count). The number of piperidine rings is 1. The number of likely N-dealkylation sites (tertiary alicyclic amines) is 1. The summed E-state index contributed by atoms with van der Waals surface area (Å²) in [5.74, 6) is 0.793. The minimum atomic E-state index is 0.712. The standard InChI is InChI=1S/C18H22N4S/c1-13-8-11-22(12-9-13)18(23)21-20-14(2)16-7-3-5-15-6-4-10-19-17(15)16/h3-7,10,13H,8-9,11-12H2,1-2H3,(H,21,23). The second kappa shape index (κ2) is 7.04. The Balaban J connectivity index is 1.73. The highest BCUT2D eigenvalue weighted by atomic mass is 32.1. The van der Waals surface area contributed by atoms with Crippen molar-refractivity contribution < 1.29 is 0 Å². The third kappa shape index (κ3) is 3.67. The van der Waals surface area contributed by atoms with Crippen LogP contribution in [0.15, 0.2) is 41.6 Å². The third-order valence-electron chi connectivity index (χ3n) is 4.41. The molecule has 1 aromatic heterocycles. The van der Waals surface area contributed by atoms with Crippen LogP contribution in [0.25, 0.3) is 10.9 Å². The Kier molecular flexibility index (Phi) is 4.86. The molecule has 0 bridgehead atoms. The summed E-state index contributed by atoms with van der Waals surface area (Å²) in [7, 11) is 0. The van der Waals surface area contributed by atoms with E-state index in [1.54, 1.807) is 0 Å². The van der Waals surface area contributed by atoms with Crippen molar-refractivity contribution in [2.45, 2.75) is 26.7 Å². The zero-order valence-electron chi connectivity index (χ0n) is 13.6. The highest BCUT2D eigenvalue weighted by Crippen LogP contribution is 2.17. The lowest BCUT2D eigenvalue weighted by Crippen LogP contribution is -2.42. The van der Waals surface area contributed by atoms with Crippen LogP contribution >= 0.6 is 12.2 Å². The van der Waals surface area contributed by atoms with Gasteiger partial charge in [-0.25, -0.2) is 0 Å². The van der Waals surface area contributed by atoms with Crippen LogP contribution in [-0.4, -0.2) is 33.8 Å². The fourth-order valence-corrected chi connectivity index (χ4v) is 3.10. The summed E-state index contributed by atoms with van der Waals surface area (Å²) in [6.07, 6.45) is 4.20. The Bertz CT molecular complexity index is 727. The number of nitrogens with one attached hydrogen (secondary N) is 1. The lowest BCUT2D eigenvalue weighted by molar-refractivity contribution is 0.278. The third-order valence-corrected chi connectivity index (χ3v) is 4.76. The van der Waals surface area contributed by atoms with E-state index in [9.17, 15) is 0 Å². The van der Waals surface area contributed by atoms with Crippen molar-refractivity contribution in [2.75, 3.05) is 13.1 Å². The average Bonchev–Trinajstić information content (AvgIpc) is 2.59. The number of nitrogens with zero attached hydrogens (tertiary/aromatic N) is 3. The Morgan fingerprint density at radius 1 is 1.26 bits per heavy atom. The molecule has 1 fully saturated rings. The van der Waals surface area contributed by atoms with Gasteiger partial charge in [0.1, 0.15) is 0 Å². The van der Waals surface area contributed by atoms with E-state index in [1.165, 1.54) is 12.8 Å². The second-order valence-corrected chi connectivity index (χ2v) is 6.55. The van der Waals surface area contributed by atoms with Crippen LogP contribution in [0, 0.1) is 5.92 Å². The molecule has 1 aliphatic heterocycles. The van der Waals surface area contributed by atoms with Crippen LogP contribution in [0.4, 0.5) is 0 Å². The lowest BCUT2D eigenvalue weighted by atomic mass is 10.00. The van der Waals surface area contributed by atoms with Gasteiger partial charge in [0.15, 0.2) is 5.11 Å². The zero-order chi connectivity index (χ0) is 16.2.